The minimum Gasteiger partial charge on any atom is -0.349 e. The van der Waals surface area contributed by atoms with Gasteiger partial charge >= 0.3 is 0 Å². The zero-order valence-corrected chi connectivity index (χ0v) is 13.2. The number of unbranched alkanes of at least 4 members (excludes halogenated alkanes) is 3. The molecule has 0 aliphatic heterocycles. The molecular weight excluding hydrogens is 268 g/mol. The van der Waals surface area contributed by atoms with E-state index in [0.29, 0.717) is 11.4 Å². The van der Waals surface area contributed by atoms with Gasteiger partial charge in [0.25, 0.3) is 5.91 Å². The van der Waals surface area contributed by atoms with Gasteiger partial charge in [-0.1, -0.05) is 44.4 Å². The summed E-state index contributed by atoms with van der Waals surface area (Å²) in [6, 6.07) is 2.07. The minimum absolute atomic E-state index is 0.0238. The van der Waals surface area contributed by atoms with Crippen LogP contribution in [-0.2, 0) is 0 Å². The van der Waals surface area contributed by atoms with Crippen molar-refractivity contribution in [3.05, 3.63) is 21.9 Å². The van der Waals surface area contributed by atoms with Gasteiger partial charge in [0.05, 0.1) is 6.54 Å². The Morgan fingerprint density at radius 3 is 2.95 bits per heavy atom. The molecule has 20 heavy (non-hydrogen) atoms. The van der Waals surface area contributed by atoms with Gasteiger partial charge in [-0.15, -0.1) is 11.3 Å². The molecule has 1 unspecified atom stereocenters. The second kappa shape index (κ2) is 9.57. The normalized spacial score (nSPS) is 11.6. The summed E-state index contributed by atoms with van der Waals surface area (Å²) >= 11 is 1.43. The Bertz CT molecular complexity index is 470. The fourth-order valence-corrected chi connectivity index (χ4v) is 2.72. The molecule has 0 aromatic carbocycles. The number of hydrogen-bond acceptors (Lipinski definition) is 3. The third-order valence-electron chi connectivity index (χ3n) is 3.06. The molecule has 1 rings (SSSR count). The first kappa shape index (κ1) is 16.7. The summed E-state index contributed by atoms with van der Waals surface area (Å²) in [5.74, 6) is 5.71. The second-order valence-electron chi connectivity index (χ2n) is 4.89. The van der Waals surface area contributed by atoms with Crippen molar-refractivity contribution in [3.63, 3.8) is 0 Å². The van der Waals surface area contributed by atoms with E-state index in [9.17, 15) is 4.79 Å². The van der Waals surface area contributed by atoms with E-state index in [-0.39, 0.29) is 11.9 Å². The molecule has 1 amide bonds. The number of nitrogens with two attached hydrogens (primary N) is 1. The van der Waals surface area contributed by atoms with E-state index < -0.39 is 0 Å². The van der Waals surface area contributed by atoms with Crippen molar-refractivity contribution in [1.29, 1.82) is 0 Å². The predicted molar refractivity (Wildman–Crippen MR) is 85.9 cm³/mol. The van der Waals surface area contributed by atoms with Crippen molar-refractivity contribution in [1.82, 2.24) is 5.32 Å². The Labute approximate surface area is 126 Å². The van der Waals surface area contributed by atoms with Gasteiger partial charge in [0, 0.05) is 11.6 Å². The Balaban J connectivity index is 2.48. The van der Waals surface area contributed by atoms with Gasteiger partial charge in [0.2, 0.25) is 0 Å². The molecule has 1 atom stereocenters. The molecule has 3 N–H and O–H groups in total. The summed E-state index contributed by atoms with van der Waals surface area (Å²) in [4.78, 5) is 12.9. The number of carbonyl (C=O) groups is 1. The lowest BCUT2D eigenvalue weighted by Crippen LogP contribution is -2.32. The van der Waals surface area contributed by atoms with Crippen molar-refractivity contribution in [2.24, 2.45) is 5.73 Å². The molecule has 4 heteroatoms. The fourth-order valence-electron chi connectivity index (χ4n) is 1.97. The van der Waals surface area contributed by atoms with Crippen molar-refractivity contribution in [2.45, 2.75) is 52.0 Å². The molecule has 110 valence electrons. The summed E-state index contributed by atoms with van der Waals surface area (Å²) in [7, 11) is 0. The monoisotopic (exact) mass is 292 g/mol. The van der Waals surface area contributed by atoms with Gasteiger partial charge in [-0.3, -0.25) is 4.79 Å². The topological polar surface area (TPSA) is 55.1 Å². The average Bonchev–Trinajstić information content (AvgIpc) is 2.89. The van der Waals surface area contributed by atoms with Crippen molar-refractivity contribution >= 4 is 17.2 Å². The maximum atomic E-state index is 12.2. The van der Waals surface area contributed by atoms with E-state index in [4.69, 9.17) is 5.73 Å². The van der Waals surface area contributed by atoms with E-state index >= 15 is 0 Å². The highest BCUT2D eigenvalue weighted by molar-refractivity contribution is 7.12. The van der Waals surface area contributed by atoms with Gasteiger partial charge in [-0.2, -0.15) is 0 Å². The standard InChI is InChI=1S/C16H24N2OS/c1-3-4-5-6-8-13(2)18-16(19)15-14(9-7-11-17)10-12-20-15/h10,12-13H,3-6,8,11,17H2,1-2H3,(H,18,19). The quantitative estimate of drug-likeness (QED) is 0.599. The van der Waals surface area contributed by atoms with Gasteiger partial charge in [0.15, 0.2) is 0 Å². The molecule has 0 aliphatic carbocycles. The molecule has 3 nitrogen and oxygen atoms in total. The second-order valence-corrected chi connectivity index (χ2v) is 5.81. The fraction of sp³-hybridized carbons (Fsp3) is 0.562. The van der Waals surface area contributed by atoms with E-state index in [2.05, 4.69) is 31.0 Å². The molecule has 0 radical (unpaired) electrons. The Hall–Kier alpha value is -1.31. The molecule has 1 aromatic heterocycles. The molecule has 0 aliphatic rings. The maximum absolute atomic E-state index is 12.2. The van der Waals surface area contributed by atoms with Gasteiger partial charge in [0.1, 0.15) is 4.88 Å². The SMILES string of the molecule is CCCCCCC(C)NC(=O)c1sccc1C#CCN. The van der Waals surface area contributed by atoms with Crippen LogP contribution >= 0.6 is 11.3 Å². The Morgan fingerprint density at radius 1 is 1.45 bits per heavy atom. The number of amides is 1. The molecule has 1 heterocycles. The van der Waals surface area contributed by atoms with Crippen LogP contribution in [-0.4, -0.2) is 18.5 Å². The maximum Gasteiger partial charge on any atom is 0.262 e. The number of rotatable bonds is 7. The molecular formula is C16H24N2OS. The van der Waals surface area contributed by atoms with Crippen molar-refractivity contribution < 1.29 is 4.79 Å². The summed E-state index contributed by atoms with van der Waals surface area (Å²) in [6.07, 6.45) is 5.94. The first-order valence-corrected chi connectivity index (χ1v) is 8.14. The first-order chi connectivity index (χ1) is 9.69. The highest BCUT2D eigenvalue weighted by Gasteiger charge is 2.14. The predicted octanol–water partition coefficient (Wildman–Crippen LogP) is 3.15. The van der Waals surface area contributed by atoms with Crippen LogP contribution in [0.2, 0.25) is 0 Å². The largest absolute Gasteiger partial charge is 0.349 e. The van der Waals surface area contributed by atoms with E-state index in [1.165, 1.54) is 37.0 Å². The van der Waals surface area contributed by atoms with E-state index in [1.807, 2.05) is 11.4 Å². The first-order valence-electron chi connectivity index (χ1n) is 7.26. The lowest BCUT2D eigenvalue weighted by atomic mass is 10.1. The highest BCUT2D eigenvalue weighted by atomic mass is 32.1. The summed E-state index contributed by atoms with van der Waals surface area (Å²) in [6.45, 7) is 4.57. The van der Waals surface area contributed by atoms with Crippen LogP contribution in [0.3, 0.4) is 0 Å². The number of nitrogens with one attached hydrogen (secondary N) is 1. The van der Waals surface area contributed by atoms with Crippen LogP contribution in [0, 0.1) is 11.8 Å². The highest BCUT2D eigenvalue weighted by Crippen LogP contribution is 2.16. The third-order valence-corrected chi connectivity index (χ3v) is 3.98. The Morgan fingerprint density at radius 2 is 2.25 bits per heavy atom. The number of carbonyl (C=O) groups excluding carboxylic acids is 1. The average molecular weight is 292 g/mol. The zero-order chi connectivity index (χ0) is 14.8. The molecule has 1 aromatic rings. The smallest absolute Gasteiger partial charge is 0.262 e. The molecule has 0 spiro atoms. The van der Waals surface area contributed by atoms with Crippen molar-refractivity contribution in [2.75, 3.05) is 6.54 Å². The van der Waals surface area contributed by atoms with Gasteiger partial charge in [-0.25, -0.2) is 0 Å². The lowest BCUT2D eigenvalue weighted by Gasteiger charge is -2.13. The molecule has 0 saturated carbocycles. The van der Waals surface area contributed by atoms with Crippen LogP contribution in [0.4, 0.5) is 0 Å². The van der Waals surface area contributed by atoms with Crippen LogP contribution in [0.1, 0.15) is 61.2 Å². The Kier molecular flexibility index (Phi) is 8.01. The van der Waals surface area contributed by atoms with Crippen LogP contribution in [0.15, 0.2) is 11.4 Å². The van der Waals surface area contributed by atoms with Crippen molar-refractivity contribution in [3.8, 4) is 11.8 Å². The van der Waals surface area contributed by atoms with Gasteiger partial charge in [-0.05, 0) is 24.8 Å². The van der Waals surface area contributed by atoms with Crippen LogP contribution in [0.25, 0.3) is 0 Å². The summed E-state index contributed by atoms with van der Waals surface area (Å²) in [5, 5.41) is 4.94. The number of thiophene rings is 1. The summed E-state index contributed by atoms with van der Waals surface area (Å²) in [5.41, 5.74) is 6.13. The molecule has 0 saturated heterocycles. The van der Waals surface area contributed by atoms with Crippen LogP contribution < -0.4 is 11.1 Å². The summed E-state index contributed by atoms with van der Waals surface area (Å²) < 4.78 is 0. The lowest BCUT2D eigenvalue weighted by molar-refractivity contribution is 0.0942. The number of hydrogen-bond donors (Lipinski definition) is 2. The van der Waals surface area contributed by atoms with Crippen LogP contribution in [0.5, 0.6) is 0 Å². The van der Waals surface area contributed by atoms with E-state index in [0.717, 1.165) is 12.0 Å². The van der Waals surface area contributed by atoms with E-state index in [1.54, 1.807) is 0 Å². The molecule has 0 bridgehead atoms. The molecule has 0 fully saturated rings. The zero-order valence-electron chi connectivity index (χ0n) is 12.4. The third kappa shape index (κ3) is 5.77. The minimum atomic E-state index is -0.0238. The van der Waals surface area contributed by atoms with Gasteiger partial charge < -0.3 is 11.1 Å².